The quantitative estimate of drug-likeness (QED) is 0.161. The molecule has 0 aliphatic rings. The van der Waals surface area contributed by atoms with Gasteiger partial charge in [0.15, 0.2) is 0 Å². The second-order valence-corrected chi connectivity index (χ2v) is 11.3. The van der Waals surface area contributed by atoms with Crippen molar-refractivity contribution in [3.05, 3.63) is 145 Å². The van der Waals surface area contributed by atoms with Crippen LogP contribution in [-0.4, -0.2) is 9.97 Å². The van der Waals surface area contributed by atoms with Crippen molar-refractivity contribution in [1.82, 2.24) is 9.97 Å². The normalized spacial score (nSPS) is 11.6. The van der Waals surface area contributed by atoms with Crippen molar-refractivity contribution in [3.8, 4) is 33.4 Å². The van der Waals surface area contributed by atoms with Gasteiger partial charge in [0.1, 0.15) is 0 Å². The molecule has 0 unspecified atom stereocenters. The van der Waals surface area contributed by atoms with Crippen LogP contribution in [0.5, 0.6) is 0 Å². The maximum atomic E-state index is 5.09. The summed E-state index contributed by atoms with van der Waals surface area (Å²) >= 11 is 0. The standard InChI is InChI=1S/C41H30N2/c1-3-31-25-37(36-23-22-28-21-20-26(2)42-40(28)41(36)43-31)29-14-11-15-30(24-29)39-34-18-9-7-16-32(34)38(27-12-5-4-6-13-27)33-17-8-10-19-35(33)39/h4-25H,3H2,1-2H3. The zero-order chi connectivity index (χ0) is 28.9. The number of aryl methyl sites for hydroxylation is 2. The third-order valence-electron chi connectivity index (χ3n) is 8.65. The lowest BCUT2D eigenvalue weighted by molar-refractivity contribution is 1.06. The molecule has 2 aromatic heterocycles. The average molecular weight is 551 g/mol. The number of benzene rings is 6. The van der Waals surface area contributed by atoms with Gasteiger partial charge in [-0.05, 0) is 86.5 Å². The molecule has 43 heavy (non-hydrogen) atoms. The van der Waals surface area contributed by atoms with Crippen LogP contribution < -0.4 is 0 Å². The van der Waals surface area contributed by atoms with Gasteiger partial charge in [0.05, 0.1) is 11.0 Å². The highest BCUT2D eigenvalue weighted by atomic mass is 14.8. The molecule has 6 aromatic carbocycles. The van der Waals surface area contributed by atoms with Crippen molar-refractivity contribution in [2.75, 3.05) is 0 Å². The summed E-state index contributed by atoms with van der Waals surface area (Å²) in [6.07, 6.45) is 0.862. The fraction of sp³-hybridized carbons (Fsp3) is 0.0732. The molecule has 2 heterocycles. The van der Waals surface area contributed by atoms with Gasteiger partial charge in [-0.25, -0.2) is 0 Å². The van der Waals surface area contributed by atoms with Gasteiger partial charge in [0.25, 0.3) is 0 Å². The smallest absolute Gasteiger partial charge is 0.0974 e. The lowest BCUT2D eigenvalue weighted by Crippen LogP contribution is -1.95. The minimum absolute atomic E-state index is 0.862. The highest BCUT2D eigenvalue weighted by Gasteiger charge is 2.18. The Morgan fingerprint density at radius 3 is 1.72 bits per heavy atom. The number of rotatable bonds is 4. The van der Waals surface area contributed by atoms with E-state index in [4.69, 9.17) is 9.97 Å². The highest BCUT2D eigenvalue weighted by molar-refractivity contribution is 6.21. The second kappa shape index (κ2) is 10.2. The van der Waals surface area contributed by atoms with E-state index in [9.17, 15) is 0 Å². The van der Waals surface area contributed by atoms with Gasteiger partial charge < -0.3 is 0 Å². The summed E-state index contributed by atoms with van der Waals surface area (Å²) in [5, 5.41) is 7.31. The van der Waals surface area contributed by atoms with Crippen molar-refractivity contribution in [3.63, 3.8) is 0 Å². The van der Waals surface area contributed by atoms with Crippen LogP contribution in [0, 0.1) is 6.92 Å². The Hall–Kier alpha value is -5.34. The molecular formula is C41H30N2. The highest BCUT2D eigenvalue weighted by Crippen LogP contribution is 2.44. The first-order chi connectivity index (χ1) is 21.2. The number of pyridine rings is 2. The minimum Gasteiger partial charge on any atom is -0.251 e. The van der Waals surface area contributed by atoms with E-state index in [0.29, 0.717) is 0 Å². The first-order valence-corrected chi connectivity index (χ1v) is 15.0. The van der Waals surface area contributed by atoms with Crippen LogP contribution in [0.1, 0.15) is 18.3 Å². The molecule has 0 radical (unpaired) electrons. The Balaban J connectivity index is 1.42. The van der Waals surface area contributed by atoms with Gasteiger partial charge in [0.2, 0.25) is 0 Å². The number of aromatic nitrogens is 2. The summed E-state index contributed by atoms with van der Waals surface area (Å²) in [6, 6.07) is 48.4. The maximum Gasteiger partial charge on any atom is 0.0974 e. The summed E-state index contributed by atoms with van der Waals surface area (Å²) in [5.74, 6) is 0. The summed E-state index contributed by atoms with van der Waals surface area (Å²) in [5.41, 5.74) is 11.4. The minimum atomic E-state index is 0.862. The van der Waals surface area contributed by atoms with E-state index >= 15 is 0 Å². The lowest BCUT2D eigenvalue weighted by atomic mass is 9.85. The molecule has 0 N–H and O–H groups in total. The third kappa shape index (κ3) is 4.18. The Morgan fingerprint density at radius 2 is 1.05 bits per heavy atom. The lowest BCUT2D eigenvalue weighted by Gasteiger charge is -2.18. The monoisotopic (exact) mass is 550 g/mol. The largest absolute Gasteiger partial charge is 0.251 e. The van der Waals surface area contributed by atoms with Gasteiger partial charge in [-0.15, -0.1) is 0 Å². The molecule has 0 fully saturated rings. The molecule has 0 aliphatic carbocycles. The van der Waals surface area contributed by atoms with E-state index in [-0.39, 0.29) is 0 Å². The SMILES string of the molecule is CCc1cc(-c2cccc(-c3c4ccccc4c(-c4ccccc4)c4ccccc34)c2)c2ccc3ccc(C)nc3c2n1. The zero-order valence-electron chi connectivity index (χ0n) is 24.3. The summed E-state index contributed by atoms with van der Waals surface area (Å²) < 4.78 is 0. The molecule has 0 saturated heterocycles. The van der Waals surface area contributed by atoms with Gasteiger partial charge in [-0.1, -0.05) is 122 Å². The average Bonchev–Trinajstić information content (AvgIpc) is 3.07. The van der Waals surface area contributed by atoms with Crippen LogP contribution in [0.25, 0.3) is 76.7 Å². The predicted octanol–water partition coefficient (Wildman–Crippen LogP) is 11.0. The summed E-state index contributed by atoms with van der Waals surface area (Å²) in [6.45, 7) is 4.22. The Labute approximate surface area is 251 Å². The summed E-state index contributed by atoms with van der Waals surface area (Å²) in [7, 11) is 0. The number of fused-ring (bicyclic) bond motifs is 5. The van der Waals surface area contributed by atoms with Crippen molar-refractivity contribution in [2.24, 2.45) is 0 Å². The molecule has 2 heteroatoms. The molecule has 8 rings (SSSR count). The van der Waals surface area contributed by atoms with Gasteiger partial charge in [0, 0.05) is 22.2 Å². The van der Waals surface area contributed by atoms with Gasteiger partial charge in [-0.3, -0.25) is 9.97 Å². The van der Waals surface area contributed by atoms with Gasteiger partial charge >= 0.3 is 0 Å². The Kier molecular flexibility index (Phi) is 6.01. The topological polar surface area (TPSA) is 25.8 Å². The van der Waals surface area contributed by atoms with E-state index < -0.39 is 0 Å². The van der Waals surface area contributed by atoms with E-state index in [1.165, 1.54) is 54.9 Å². The van der Waals surface area contributed by atoms with E-state index in [1.54, 1.807) is 0 Å². The Bertz CT molecular complexity index is 2280. The van der Waals surface area contributed by atoms with Crippen LogP contribution in [0.15, 0.2) is 133 Å². The molecule has 0 saturated carbocycles. The zero-order valence-corrected chi connectivity index (χ0v) is 24.3. The van der Waals surface area contributed by atoms with Crippen molar-refractivity contribution >= 4 is 43.4 Å². The van der Waals surface area contributed by atoms with E-state index in [0.717, 1.165) is 39.6 Å². The molecule has 0 atom stereocenters. The number of nitrogens with zero attached hydrogens (tertiary/aromatic N) is 2. The molecule has 0 amide bonds. The van der Waals surface area contributed by atoms with E-state index in [1.807, 2.05) is 6.92 Å². The van der Waals surface area contributed by atoms with Crippen molar-refractivity contribution < 1.29 is 0 Å². The molecule has 8 aromatic rings. The van der Waals surface area contributed by atoms with Gasteiger partial charge in [-0.2, -0.15) is 0 Å². The number of hydrogen-bond donors (Lipinski definition) is 0. The first-order valence-electron chi connectivity index (χ1n) is 15.0. The van der Waals surface area contributed by atoms with Crippen LogP contribution in [0.2, 0.25) is 0 Å². The third-order valence-corrected chi connectivity index (χ3v) is 8.65. The van der Waals surface area contributed by atoms with Crippen molar-refractivity contribution in [2.45, 2.75) is 20.3 Å². The molecule has 0 spiro atoms. The maximum absolute atomic E-state index is 5.09. The second-order valence-electron chi connectivity index (χ2n) is 11.3. The van der Waals surface area contributed by atoms with Crippen LogP contribution >= 0.6 is 0 Å². The van der Waals surface area contributed by atoms with Crippen LogP contribution in [0.3, 0.4) is 0 Å². The number of hydrogen-bond acceptors (Lipinski definition) is 2. The first kappa shape index (κ1) is 25.4. The fourth-order valence-corrected chi connectivity index (χ4v) is 6.64. The fourth-order valence-electron chi connectivity index (χ4n) is 6.64. The van der Waals surface area contributed by atoms with Crippen molar-refractivity contribution in [1.29, 1.82) is 0 Å². The van der Waals surface area contributed by atoms with Crippen LogP contribution in [-0.2, 0) is 6.42 Å². The molecular weight excluding hydrogens is 520 g/mol. The predicted molar refractivity (Wildman–Crippen MR) is 182 cm³/mol. The van der Waals surface area contributed by atoms with E-state index in [2.05, 4.69) is 140 Å². The van der Waals surface area contributed by atoms with Crippen LogP contribution in [0.4, 0.5) is 0 Å². The summed E-state index contributed by atoms with van der Waals surface area (Å²) in [4.78, 5) is 10.0. The molecule has 2 nitrogen and oxygen atoms in total. The molecule has 0 aliphatic heterocycles. The molecule has 0 bridgehead atoms. The molecule has 204 valence electrons. The Morgan fingerprint density at radius 1 is 0.465 bits per heavy atom.